The maximum absolute atomic E-state index is 5.84. The average Bonchev–Trinajstić information content (AvgIpc) is 3.59. The molecule has 1 aromatic heterocycles. The first-order valence-corrected chi connectivity index (χ1v) is 11.8. The summed E-state index contributed by atoms with van der Waals surface area (Å²) < 4.78 is 22.2. The molecule has 3 heterocycles. The van der Waals surface area contributed by atoms with Crippen LogP contribution in [0.2, 0.25) is 0 Å². The third-order valence-corrected chi connectivity index (χ3v) is 6.54. The third kappa shape index (κ3) is 3.83. The predicted octanol–water partition coefficient (Wildman–Crippen LogP) is 5.34. The van der Waals surface area contributed by atoms with E-state index in [2.05, 4.69) is 10.5 Å². The second-order valence-corrected chi connectivity index (χ2v) is 8.70. The maximum Gasteiger partial charge on any atom is 0.258 e. The summed E-state index contributed by atoms with van der Waals surface area (Å²) in [4.78, 5) is 6.70. The van der Waals surface area contributed by atoms with Crippen LogP contribution in [0, 0.1) is 0 Å². The quantitative estimate of drug-likeness (QED) is 0.367. The van der Waals surface area contributed by atoms with E-state index in [9.17, 15) is 0 Å². The summed E-state index contributed by atoms with van der Waals surface area (Å²) in [5.74, 6) is 3.07. The molecule has 0 radical (unpaired) electrons. The Bertz CT molecular complexity index is 1470. The highest BCUT2D eigenvalue weighted by Crippen LogP contribution is 2.42. The summed E-state index contributed by atoms with van der Waals surface area (Å²) in [5.41, 5.74) is 4.38. The largest absolute Gasteiger partial charge is 0.497 e. The van der Waals surface area contributed by atoms with E-state index < -0.39 is 0 Å². The van der Waals surface area contributed by atoms with Crippen LogP contribution in [0.4, 0.5) is 5.69 Å². The van der Waals surface area contributed by atoms with Gasteiger partial charge in [0, 0.05) is 17.3 Å². The average molecular weight is 499 g/mol. The molecular formula is C27H22N4O4S. The summed E-state index contributed by atoms with van der Waals surface area (Å²) in [7, 11) is 1.64. The predicted molar refractivity (Wildman–Crippen MR) is 139 cm³/mol. The van der Waals surface area contributed by atoms with E-state index in [1.165, 1.54) is 0 Å². The highest BCUT2D eigenvalue weighted by molar-refractivity contribution is 7.80. The van der Waals surface area contributed by atoms with Crippen molar-refractivity contribution in [2.45, 2.75) is 13.0 Å². The molecule has 0 saturated heterocycles. The number of hydrogen-bond acceptors (Lipinski definition) is 7. The maximum atomic E-state index is 5.84. The van der Waals surface area contributed by atoms with E-state index in [0.717, 1.165) is 33.8 Å². The van der Waals surface area contributed by atoms with Crippen LogP contribution in [0.5, 0.6) is 17.2 Å². The van der Waals surface area contributed by atoms with Crippen molar-refractivity contribution in [1.82, 2.24) is 15.5 Å². The molecular weight excluding hydrogens is 476 g/mol. The highest BCUT2D eigenvalue weighted by atomic mass is 32.1. The van der Waals surface area contributed by atoms with Crippen LogP contribution in [0.25, 0.3) is 17.0 Å². The molecule has 9 heteroatoms. The van der Waals surface area contributed by atoms with Gasteiger partial charge >= 0.3 is 0 Å². The first-order chi connectivity index (χ1) is 17.6. The SMILES string of the molecule is COc1ccc(C2NC(=S)N(c3ccc4c(c3)OCO4)C(C)=C2c2nc(-c3ccccc3)no2)cc1. The van der Waals surface area contributed by atoms with E-state index >= 15 is 0 Å². The molecule has 36 heavy (non-hydrogen) atoms. The molecule has 0 saturated carbocycles. The minimum atomic E-state index is -0.308. The van der Waals surface area contributed by atoms with Gasteiger partial charge in [-0.2, -0.15) is 4.98 Å². The zero-order chi connectivity index (χ0) is 24.6. The molecule has 6 rings (SSSR count). The van der Waals surface area contributed by atoms with Crippen LogP contribution >= 0.6 is 12.2 Å². The van der Waals surface area contributed by atoms with Gasteiger partial charge in [0.15, 0.2) is 16.6 Å². The number of anilines is 1. The second-order valence-electron chi connectivity index (χ2n) is 8.32. The fourth-order valence-corrected chi connectivity index (χ4v) is 4.80. The van der Waals surface area contributed by atoms with Crippen LogP contribution < -0.4 is 24.4 Å². The number of benzene rings is 3. The lowest BCUT2D eigenvalue weighted by atomic mass is 9.94. The summed E-state index contributed by atoms with van der Waals surface area (Å²) in [5, 5.41) is 8.27. The van der Waals surface area contributed by atoms with Gasteiger partial charge < -0.3 is 24.1 Å². The minimum absolute atomic E-state index is 0.200. The van der Waals surface area contributed by atoms with E-state index in [-0.39, 0.29) is 12.8 Å². The number of fused-ring (bicyclic) bond motifs is 1. The number of rotatable bonds is 5. The summed E-state index contributed by atoms with van der Waals surface area (Å²) in [6.07, 6.45) is 0. The lowest BCUT2D eigenvalue weighted by Crippen LogP contribution is -2.46. The number of methoxy groups -OCH3 is 1. The van der Waals surface area contributed by atoms with Crippen molar-refractivity contribution < 1.29 is 18.7 Å². The molecule has 0 bridgehead atoms. The molecule has 0 fully saturated rings. The molecule has 0 amide bonds. The van der Waals surface area contributed by atoms with Gasteiger partial charge in [0.25, 0.3) is 5.89 Å². The van der Waals surface area contributed by atoms with Gasteiger partial charge in [-0.15, -0.1) is 0 Å². The van der Waals surface area contributed by atoms with Gasteiger partial charge in [-0.25, -0.2) is 0 Å². The molecule has 8 nitrogen and oxygen atoms in total. The Morgan fingerprint density at radius 1 is 1.00 bits per heavy atom. The topological polar surface area (TPSA) is 81.9 Å². The van der Waals surface area contributed by atoms with Crippen LogP contribution in [0.15, 0.2) is 83.0 Å². The molecule has 180 valence electrons. The van der Waals surface area contributed by atoms with Gasteiger partial charge in [0.2, 0.25) is 12.6 Å². The van der Waals surface area contributed by atoms with Gasteiger partial charge in [-0.05, 0) is 49.0 Å². The van der Waals surface area contributed by atoms with Crippen molar-refractivity contribution >= 4 is 28.6 Å². The lowest BCUT2D eigenvalue weighted by Gasteiger charge is -2.37. The molecule has 0 spiro atoms. The molecule has 1 unspecified atom stereocenters. The van der Waals surface area contributed by atoms with E-state index in [4.69, 9.17) is 35.9 Å². The fourth-order valence-electron chi connectivity index (χ4n) is 4.44. The van der Waals surface area contributed by atoms with Gasteiger partial charge in [0.05, 0.1) is 24.4 Å². The Hall–Kier alpha value is -4.37. The number of allylic oxidation sites excluding steroid dienone is 1. The molecule has 1 atom stereocenters. The van der Waals surface area contributed by atoms with E-state index in [1.807, 2.05) is 84.6 Å². The van der Waals surface area contributed by atoms with E-state index in [1.54, 1.807) is 7.11 Å². The van der Waals surface area contributed by atoms with Crippen molar-refractivity contribution in [2.24, 2.45) is 0 Å². The molecule has 4 aromatic rings. The van der Waals surface area contributed by atoms with Crippen LogP contribution in [-0.4, -0.2) is 29.2 Å². The Kier molecular flexibility index (Phi) is 5.54. The highest BCUT2D eigenvalue weighted by Gasteiger charge is 2.35. The summed E-state index contributed by atoms with van der Waals surface area (Å²) in [6.45, 7) is 2.20. The zero-order valence-electron chi connectivity index (χ0n) is 19.6. The lowest BCUT2D eigenvalue weighted by molar-refractivity contribution is 0.174. The number of hydrogen-bond donors (Lipinski definition) is 1. The number of nitrogens with zero attached hydrogens (tertiary/aromatic N) is 3. The normalized spacial score (nSPS) is 16.8. The Morgan fingerprint density at radius 2 is 1.78 bits per heavy atom. The zero-order valence-corrected chi connectivity index (χ0v) is 20.4. The molecule has 2 aliphatic rings. The second kappa shape index (κ2) is 9.01. The van der Waals surface area contributed by atoms with Crippen molar-refractivity contribution in [3.05, 3.63) is 89.9 Å². The standard InChI is InChI=1S/C27H22N4O4S/c1-16-23(26-29-25(30-35-26)18-6-4-3-5-7-18)24(17-8-11-20(32-2)12-9-17)28-27(36)31(16)19-10-13-21-22(14-19)34-15-33-21/h3-14,24H,15H2,1-2H3,(H,28,36). The Morgan fingerprint density at radius 3 is 2.56 bits per heavy atom. The molecule has 2 aliphatic heterocycles. The number of nitrogens with one attached hydrogen (secondary N) is 1. The number of ether oxygens (including phenoxy) is 3. The summed E-state index contributed by atoms with van der Waals surface area (Å²) in [6, 6.07) is 23.0. The minimum Gasteiger partial charge on any atom is -0.497 e. The Balaban J connectivity index is 1.48. The van der Waals surface area contributed by atoms with Crippen molar-refractivity contribution in [2.75, 3.05) is 18.8 Å². The van der Waals surface area contributed by atoms with Gasteiger partial charge in [0.1, 0.15) is 5.75 Å². The molecule has 3 aromatic carbocycles. The van der Waals surface area contributed by atoms with Crippen molar-refractivity contribution in [3.8, 4) is 28.6 Å². The van der Waals surface area contributed by atoms with Crippen LogP contribution in [0.3, 0.4) is 0 Å². The Labute approximate surface area is 213 Å². The van der Waals surface area contributed by atoms with Crippen molar-refractivity contribution in [1.29, 1.82) is 0 Å². The van der Waals surface area contributed by atoms with Crippen molar-refractivity contribution in [3.63, 3.8) is 0 Å². The smallest absolute Gasteiger partial charge is 0.258 e. The van der Waals surface area contributed by atoms with Gasteiger partial charge in [-0.1, -0.05) is 47.6 Å². The van der Waals surface area contributed by atoms with E-state index in [0.29, 0.717) is 28.3 Å². The molecule has 1 N–H and O–H groups in total. The monoisotopic (exact) mass is 498 g/mol. The summed E-state index contributed by atoms with van der Waals surface area (Å²) >= 11 is 5.84. The fraction of sp³-hybridized carbons (Fsp3) is 0.148. The first-order valence-electron chi connectivity index (χ1n) is 11.4. The van der Waals surface area contributed by atoms with Gasteiger partial charge in [-0.3, -0.25) is 4.90 Å². The van der Waals surface area contributed by atoms with Crippen LogP contribution in [-0.2, 0) is 0 Å². The third-order valence-electron chi connectivity index (χ3n) is 6.24. The first kappa shape index (κ1) is 22.1. The number of aromatic nitrogens is 2. The number of thiocarbonyl (C=S) groups is 1. The van der Waals surface area contributed by atoms with Crippen LogP contribution in [0.1, 0.15) is 24.4 Å². The molecule has 0 aliphatic carbocycles.